The van der Waals surface area contributed by atoms with Crippen molar-refractivity contribution in [3.63, 3.8) is 0 Å². The van der Waals surface area contributed by atoms with E-state index in [0.717, 1.165) is 29.0 Å². The molecule has 2 aromatic carbocycles. The van der Waals surface area contributed by atoms with E-state index in [0.29, 0.717) is 5.11 Å². The Morgan fingerprint density at radius 1 is 1.09 bits per heavy atom. The Labute approximate surface area is 135 Å². The van der Waals surface area contributed by atoms with Crippen molar-refractivity contribution in [2.45, 2.75) is 20.4 Å². The van der Waals surface area contributed by atoms with Gasteiger partial charge in [0.25, 0.3) is 0 Å². The first kappa shape index (κ1) is 14.5. The van der Waals surface area contributed by atoms with Crippen molar-refractivity contribution >= 4 is 39.5 Å². The minimum Gasteiger partial charge on any atom is -0.332 e. The summed E-state index contributed by atoms with van der Waals surface area (Å²) in [4.78, 5) is 0. The second kappa shape index (κ2) is 6.15. The van der Waals surface area contributed by atoms with Crippen molar-refractivity contribution < 1.29 is 0 Å². The third-order valence-electron chi connectivity index (χ3n) is 3.56. The van der Waals surface area contributed by atoms with Crippen LogP contribution in [0.25, 0.3) is 10.8 Å². The molecular weight excluding hydrogens is 292 g/mol. The molecule has 0 spiro atoms. The summed E-state index contributed by atoms with van der Waals surface area (Å²) in [5.74, 6) is 0. The van der Waals surface area contributed by atoms with Crippen LogP contribution in [0.1, 0.15) is 12.6 Å². The molecule has 0 fully saturated rings. The molecule has 1 aromatic heterocycles. The minimum atomic E-state index is 0.565. The van der Waals surface area contributed by atoms with Gasteiger partial charge in [-0.25, -0.2) is 0 Å². The van der Waals surface area contributed by atoms with E-state index in [2.05, 4.69) is 40.9 Å². The van der Waals surface area contributed by atoms with E-state index < -0.39 is 0 Å². The van der Waals surface area contributed by atoms with Gasteiger partial charge in [0.2, 0.25) is 0 Å². The van der Waals surface area contributed by atoms with Gasteiger partial charge >= 0.3 is 0 Å². The van der Waals surface area contributed by atoms with Gasteiger partial charge in [0.15, 0.2) is 5.11 Å². The fraction of sp³-hybridized carbons (Fsp3) is 0.176. The van der Waals surface area contributed by atoms with Crippen LogP contribution in [0.3, 0.4) is 0 Å². The zero-order valence-corrected chi connectivity index (χ0v) is 13.4. The summed E-state index contributed by atoms with van der Waals surface area (Å²) in [5.41, 5.74) is 2.86. The van der Waals surface area contributed by atoms with Crippen molar-refractivity contribution in [2.24, 2.45) is 0 Å². The number of hydrogen-bond acceptors (Lipinski definition) is 2. The Balaban J connectivity index is 1.80. The summed E-state index contributed by atoms with van der Waals surface area (Å²) in [6.07, 6.45) is 1.96. The number of fused-ring (bicyclic) bond motifs is 1. The maximum absolute atomic E-state index is 5.43. The second-order valence-corrected chi connectivity index (χ2v) is 5.50. The fourth-order valence-corrected chi connectivity index (χ4v) is 2.63. The van der Waals surface area contributed by atoms with Gasteiger partial charge in [-0.15, -0.1) is 0 Å². The summed E-state index contributed by atoms with van der Waals surface area (Å²) in [6, 6.07) is 14.4. The predicted octanol–water partition coefficient (Wildman–Crippen LogP) is 4.17. The average molecular weight is 310 g/mol. The van der Waals surface area contributed by atoms with Crippen molar-refractivity contribution in [1.29, 1.82) is 0 Å². The largest absolute Gasteiger partial charge is 0.332 e. The van der Waals surface area contributed by atoms with E-state index in [1.807, 2.05) is 42.1 Å². The predicted molar refractivity (Wildman–Crippen MR) is 96.4 cm³/mol. The molecule has 0 aliphatic rings. The number of rotatable bonds is 3. The van der Waals surface area contributed by atoms with E-state index in [9.17, 15) is 0 Å². The van der Waals surface area contributed by atoms with Crippen molar-refractivity contribution in [2.75, 3.05) is 10.6 Å². The van der Waals surface area contributed by atoms with Crippen LogP contribution >= 0.6 is 12.2 Å². The highest BCUT2D eigenvalue weighted by atomic mass is 32.1. The van der Waals surface area contributed by atoms with Crippen LogP contribution in [0.2, 0.25) is 0 Å². The zero-order valence-electron chi connectivity index (χ0n) is 12.6. The van der Waals surface area contributed by atoms with E-state index in [-0.39, 0.29) is 0 Å². The highest BCUT2D eigenvalue weighted by Crippen LogP contribution is 2.23. The number of benzene rings is 2. The Morgan fingerprint density at radius 2 is 1.82 bits per heavy atom. The molecule has 22 heavy (non-hydrogen) atoms. The molecule has 1 heterocycles. The number of anilines is 2. The molecule has 3 rings (SSSR count). The molecule has 0 atom stereocenters. The van der Waals surface area contributed by atoms with E-state index >= 15 is 0 Å². The van der Waals surface area contributed by atoms with Crippen LogP contribution in [-0.4, -0.2) is 14.9 Å². The third kappa shape index (κ3) is 2.94. The quantitative estimate of drug-likeness (QED) is 0.712. The Hall–Kier alpha value is -2.40. The van der Waals surface area contributed by atoms with Crippen LogP contribution in [0.4, 0.5) is 11.4 Å². The van der Waals surface area contributed by atoms with Crippen LogP contribution in [0.5, 0.6) is 0 Å². The normalized spacial score (nSPS) is 10.6. The molecule has 4 nitrogen and oxygen atoms in total. The summed E-state index contributed by atoms with van der Waals surface area (Å²) in [6.45, 7) is 4.87. The zero-order chi connectivity index (χ0) is 15.5. The lowest BCUT2D eigenvalue weighted by atomic mass is 10.1. The molecular formula is C17H18N4S. The second-order valence-electron chi connectivity index (χ2n) is 5.09. The first-order valence-corrected chi connectivity index (χ1v) is 7.68. The smallest absolute Gasteiger partial charge is 0.175 e. The highest BCUT2D eigenvalue weighted by molar-refractivity contribution is 7.80. The molecule has 0 aliphatic heterocycles. The summed E-state index contributed by atoms with van der Waals surface area (Å²) < 4.78 is 1.89. The molecule has 0 unspecified atom stereocenters. The molecule has 0 aliphatic carbocycles. The van der Waals surface area contributed by atoms with Crippen LogP contribution in [0, 0.1) is 6.92 Å². The van der Waals surface area contributed by atoms with Crippen molar-refractivity contribution in [3.05, 3.63) is 54.4 Å². The number of hydrogen-bond donors (Lipinski definition) is 2. The fourth-order valence-electron chi connectivity index (χ4n) is 2.41. The summed E-state index contributed by atoms with van der Waals surface area (Å²) in [5, 5.41) is 13.8. The summed E-state index contributed by atoms with van der Waals surface area (Å²) >= 11 is 5.43. The lowest BCUT2D eigenvalue weighted by Crippen LogP contribution is -2.19. The Bertz CT molecular complexity index is 817. The number of thiocarbonyl (C=S) groups is 1. The Morgan fingerprint density at radius 3 is 2.59 bits per heavy atom. The van der Waals surface area contributed by atoms with Gasteiger partial charge in [-0.2, -0.15) is 5.10 Å². The first-order valence-electron chi connectivity index (χ1n) is 7.27. The molecule has 0 saturated heterocycles. The van der Waals surface area contributed by atoms with Gasteiger partial charge in [-0.3, -0.25) is 4.68 Å². The molecule has 112 valence electrons. The number of aromatic nitrogens is 2. The molecule has 0 amide bonds. The van der Waals surface area contributed by atoms with Crippen molar-refractivity contribution in [3.8, 4) is 0 Å². The topological polar surface area (TPSA) is 41.9 Å². The van der Waals surface area contributed by atoms with Gasteiger partial charge in [0.1, 0.15) is 0 Å². The number of aryl methyl sites for hydroxylation is 2. The first-order chi connectivity index (χ1) is 10.7. The average Bonchev–Trinajstić information content (AvgIpc) is 2.88. The lowest BCUT2D eigenvalue weighted by molar-refractivity contribution is 0.653. The highest BCUT2D eigenvalue weighted by Gasteiger charge is 2.07. The molecule has 5 heteroatoms. The molecule has 0 radical (unpaired) electrons. The SMILES string of the molecule is CCn1cc(NC(=S)Nc2cccc3ccccc23)c(C)n1. The van der Waals surface area contributed by atoms with Gasteiger partial charge in [-0.05, 0) is 37.5 Å². The monoisotopic (exact) mass is 310 g/mol. The maximum atomic E-state index is 5.43. The Kier molecular flexibility index (Phi) is 4.06. The number of nitrogens with one attached hydrogen (secondary N) is 2. The van der Waals surface area contributed by atoms with Crippen LogP contribution < -0.4 is 10.6 Å². The van der Waals surface area contributed by atoms with E-state index in [1.54, 1.807) is 0 Å². The van der Waals surface area contributed by atoms with Crippen LogP contribution in [-0.2, 0) is 6.54 Å². The van der Waals surface area contributed by atoms with Gasteiger partial charge in [0.05, 0.1) is 11.4 Å². The maximum Gasteiger partial charge on any atom is 0.175 e. The van der Waals surface area contributed by atoms with E-state index in [1.165, 1.54) is 5.39 Å². The minimum absolute atomic E-state index is 0.565. The number of nitrogens with zero attached hydrogens (tertiary/aromatic N) is 2. The van der Waals surface area contributed by atoms with Gasteiger partial charge in [0, 0.05) is 23.8 Å². The molecule has 3 aromatic rings. The van der Waals surface area contributed by atoms with Gasteiger partial charge in [-0.1, -0.05) is 36.4 Å². The van der Waals surface area contributed by atoms with Crippen molar-refractivity contribution in [1.82, 2.24) is 9.78 Å². The van der Waals surface area contributed by atoms with E-state index in [4.69, 9.17) is 12.2 Å². The molecule has 2 N–H and O–H groups in total. The lowest BCUT2D eigenvalue weighted by Gasteiger charge is -2.12. The standard InChI is InChI=1S/C17H18N4S/c1-3-21-11-16(12(2)20-21)19-17(22)18-15-10-6-8-13-7-4-5-9-14(13)15/h4-11H,3H2,1-2H3,(H2,18,19,22). The molecule has 0 bridgehead atoms. The van der Waals surface area contributed by atoms with Crippen LogP contribution in [0.15, 0.2) is 48.7 Å². The summed E-state index contributed by atoms with van der Waals surface area (Å²) in [7, 11) is 0. The van der Waals surface area contributed by atoms with Gasteiger partial charge < -0.3 is 10.6 Å². The third-order valence-corrected chi connectivity index (χ3v) is 3.76. The molecule has 0 saturated carbocycles.